The zero-order valence-corrected chi connectivity index (χ0v) is 13.9. The van der Waals surface area contributed by atoms with Crippen LogP contribution in [0.3, 0.4) is 0 Å². The molecule has 0 fully saturated rings. The summed E-state index contributed by atoms with van der Waals surface area (Å²) in [4.78, 5) is 48.7. The summed E-state index contributed by atoms with van der Waals surface area (Å²) in [5.74, 6) is -5.21. The van der Waals surface area contributed by atoms with Crippen molar-refractivity contribution in [1.29, 1.82) is 0 Å². The third-order valence-electron chi connectivity index (χ3n) is 2.83. The number of hydrogen-bond acceptors (Lipinski definition) is 9. The second kappa shape index (κ2) is 8.78. The molecule has 0 heterocycles. The quantitative estimate of drug-likeness (QED) is 0.208. The third-order valence-corrected chi connectivity index (χ3v) is 2.83. The minimum absolute atomic E-state index is 0.0260. The molecule has 0 aromatic heterocycles. The van der Waals surface area contributed by atoms with Gasteiger partial charge in [-0.15, -0.1) is 0 Å². The summed E-state index contributed by atoms with van der Waals surface area (Å²) < 4.78 is 14.6. The van der Waals surface area contributed by atoms with E-state index < -0.39 is 35.6 Å². The normalized spacial score (nSPS) is 11.8. The number of carbonyl (C=O) groups is 4. The Balaban J connectivity index is 2.52. The average Bonchev–Trinajstić information content (AvgIpc) is 2.53. The molecule has 0 aliphatic rings. The molecular formula is C16H18O9. The zero-order valence-electron chi connectivity index (χ0n) is 13.9. The van der Waals surface area contributed by atoms with Crippen molar-refractivity contribution in [2.75, 3.05) is 0 Å². The first-order valence-corrected chi connectivity index (χ1v) is 7.21. The predicted octanol–water partition coefficient (Wildman–Crippen LogP) is 1.25. The number of esters is 3. The smallest absolute Gasteiger partial charge is 0.449 e. The molecule has 1 aromatic carbocycles. The van der Waals surface area contributed by atoms with Gasteiger partial charge in [-0.2, -0.15) is 5.26 Å². The molecule has 0 saturated carbocycles. The number of carbonyl (C=O) groups excluding carboxylic acids is 4. The molecule has 1 rings (SSSR count). The molecule has 1 atom stereocenters. The fourth-order valence-corrected chi connectivity index (χ4v) is 1.97. The van der Waals surface area contributed by atoms with Crippen molar-refractivity contribution in [3.63, 3.8) is 0 Å². The zero-order chi connectivity index (χ0) is 19.0. The van der Waals surface area contributed by atoms with Gasteiger partial charge in [0, 0.05) is 6.42 Å². The summed E-state index contributed by atoms with van der Waals surface area (Å²) in [5.41, 5.74) is -1.23. The van der Waals surface area contributed by atoms with Crippen LogP contribution < -0.4 is 4.74 Å². The van der Waals surface area contributed by atoms with Gasteiger partial charge >= 0.3 is 23.9 Å². The molecule has 0 radical (unpaired) electrons. The van der Waals surface area contributed by atoms with Crippen LogP contribution in [-0.4, -0.2) is 40.8 Å². The van der Waals surface area contributed by atoms with E-state index >= 15 is 0 Å². The Hall–Kier alpha value is -2.94. The van der Waals surface area contributed by atoms with Gasteiger partial charge in [0.15, 0.2) is 0 Å². The highest BCUT2D eigenvalue weighted by Crippen LogP contribution is 2.19. The van der Waals surface area contributed by atoms with E-state index in [1.165, 1.54) is 32.9 Å². The molecule has 1 unspecified atom stereocenters. The molecule has 0 saturated heterocycles. The molecule has 9 nitrogen and oxygen atoms in total. The van der Waals surface area contributed by atoms with Crippen LogP contribution in [0, 0.1) is 0 Å². The minimum atomic E-state index is -1.58. The molecule has 0 spiro atoms. The van der Waals surface area contributed by atoms with Gasteiger partial charge in [0.1, 0.15) is 17.5 Å². The summed E-state index contributed by atoms with van der Waals surface area (Å²) in [7, 11) is 0. The fraction of sp³-hybridized carbons (Fsp3) is 0.375. The maximum Gasteiger partial charge on any atom is 0.449 e. The number of ether oxygens (including phenoxy) is 3. The van der Waals surface area contributed by atoms with Crippen molar-refractivity contribution in [2.24, 2.45) is 0 Å². The van der Waals surface area contributed by atoms with E-state index in [2.05, 4.69) is 4.89 Å². The summed E-state index contributed by atoms with van der Waals surface area (Å²) in [5, 5.41) is 8.11. The van der Waals surface area contributed by atoms with E-state index in [0.29, 0.717) is 0 Å². The molecular weight excluding hydrogens is 336 g/mol. The number of rotatable bonds is 5. The highest BCUT2D eigenvalue weighted by molar-refractivity contribution is 6.30. The molecule has 0 aliphatic carbocycles. The van der Waals surface area contributed by atoms with Crippen LogP contribution in [0.5, 0.6) is 5.75 Å². The Morgan fingerprint density at radius 2 is 1.60 bits per heavy atom. The van der Waals surface area contributed by atoms with Crippen molar-refractivity contribution in [2.45, 2.75) is 38.9 Å². The van der Waals surface area contributed by atoms with Crippen LogP contribution in [0.15, 0.2) is 30.3 Å². The number of hydrogen-bond donors (Lipinski definition) is 1. The fourth-order valence-electron chi connectivity index (χ4n) is 1.97. The van der Waals surface area contributed by atoms with Gasteiger partial charge in [-0.05, 0) is 32.9 Å². The monoisotopic (exact) mass is 354 g/mol. The van der Waals surface area contributed by atoms with E-state index in [1.54, 1.807) is 18.2 Å². The Labute approximate surface area is 143 Å². The van der Waals surface area contributed by atoms with Crippen molar-refractivity contribution in [3.05, 3.63) is 30.3 Å². The lowest BCUT2D eigenvalue weighted by atomic mass is 10.0. The minimum Gasteiger partial charge on any atom is -0.454 e. The first kappa shape index (κ1) is 20.1. The van der Waals surface area contributed by atoms with Crippen LogP contribution in [0.1, 0.15) is 27.2 Å². The van der Waals surface area contributed by atoms with Crippen molar-refractivity contribution in [1.82, 2.24) is 0 Å². The van der Waals surface area contributed by atoms with Crippen LogP contribution >= 0.6 is 0 Å². The van der Waals surface area contributed by atoms with Gasteiger partial charge in [-0.1, -0.05) is 18.2 Å². The highest BCUT2D eigenvalue weighted by atomic mass is 17.1. The lowest BCUT2D eigenvalue weighted by Gasteiger charge is -2.27. The van der Waals surface area contributed by atoms with E-state index in [0.717, 1.165) is 0 Å². The van der Waals surface area contributed by atoms with Crippen LogP contribution in [0.4, 0.5) is 0 Å². The van der Waals surface area contributed by atoms with Gasteiger partial charge in [-0.25, -0.2) is 19.2 Å². The van der Waals surface area contributed by atoms with E-state index in [4.69, 9.17) is 19.5 Å². The van der Waals surface area contributed by atoms with Crippen LogP contribution in [0.2, 0.25) is 0 Å². The molecule has 9 heteroatoms. The summed E-state index contributed by atoms with van der Waals surface area (Å²) in [6, 6.07) is 7.97. The van der Waals surface area contributed by atoms with Gasteiger partial charge in [0.25, 0.3) is 0 Å². The molecule has 25 heavy (non-hydrogen) atoms. The molecule has 0 bridgehead atoms. The second-order valence-electron chi connectivity index (χ2n) is 5.65. The Morgan fingerprint density at radius 3 is 2.16 bits per heavy atom. The van der Waals surface area contributed by atoms with E-state index in [9.17, 15) is 19.2 Å². The van der Waals surface area contributed by atoms with Gasteiger partial charge in [0.05, 0.1) is 0 Å². The predicted molar refractivity (Wildman–Crippen MR) is 81.1 cm³/mol. The second-order valence-corrected chi connectivity index (χ2v) is 5.65. The largest absolute Gasteiger partial charge is 0.454 e. The molecule has 0 aliphatic heterocycles. The third kappa shape index (κ3) is 7.00. The molecule has 1 N–H and O–H groups in total. The van der Waals surface area contributed by atoms with Crippen LogP contribution in [0.25, 0.3) is 0 Å². The summed E-state index contributed by atoms with van der Waals surface area (Å²) in [6.45, 7) is 4.36. The summed E-state index contributed by atoms with van der Waals surface area (Å²) >= 11 is 0. The maximum absolute atomic E-state index is 11.7. The Morgan fingerprint density at radius 1 is 1.00 bits per heavy atom. The topological polar surface area (TPSA) is 125 Å². The number of para-hydroxylation sites is 1. The average molecular weight is 354 g/mol. The van der Waals surface area contributed by atoms with Crippen molar-refractivity contribution >= 4 is 23.9 Å². The molecule has 0 amide bonds. The van der Waals surface area contributed by atoms with Crippen LogP contribution in [-0.2, 0) is 33.5 Å². The summed E-state index contributed by atoms with van der Waals surface area (Å²) in [6.07, 6.45) is -0.856. The number of benzene rings is 1. The van der Waals surface area contributed by atoms with Gasteiger partial charge in [-0.3, -0.25) is 4.89 Å². The van der Waals surface area contributed by atoms with Crippen molar-refractivity contribution in [3.8, 4) is 5.75 Å². The molecule has 136 valence electrons. The van der Waals surface area contributed by atoms with E-state index in [-0.39, 0.29) is 12.2 Å². The first-order valence-electron chi connectivity index (χ1n) is 7.21. The van der Waals surface area contributed by atoms with E-state index in [1.807, 2.05) is 0 Å². The maximum atomic E-state index is 11.7. The lowest BCUT2D eigenvalue weighted by Crippen LogP contribution is -2.37. The van der Waals surface area contributed by atoms with Crippen molar-refractivity contribution < 1.29 is 43.5 Å². The Kier molecular flexibility index (Phi) is 7.06. The highest BCUT2D eigenvalue weighted by Gasteiger charge is 2.32. The standard InChI is InChI=1S/C16H18O9/c1-10(9-16(2,3)24-14(19)15(20)25-21)22-12(17)13(18)23-11-7-5-4-6-8-11/h4-8,10,21H,9H2,1-3H3. The van der Waals surface area contributed by atoms with Gasteiger partial charge in [0.2, 0.25) is 0 Å². The Bertz CT molecular complexity index is 636. The SMILES string of the molecule is CC(CC(C)(C)OC(=O)C(=O)OO)OC(=O)C(=O)Oc1ccccc1. The first-order chi connectivity index (χ1) is 11.6. The molecule has 1 aromatic rings. The lowest BCUT2D eigenvalue weighted by molar-refractivity contribution is -0.239. The van der Waals surface area contributed by atoms with Gasteiger partial charge < -0.3 is 14.2 Å².